The molecule has 4 heteroatoms. The van der Waals surface area contributed by atoms with Crippen molar-refractivity contribution in [1.82, 2.24) is 4.98 Å². The van der Waals surface area contributed by atoms with E-state index in [9.17, 15) is 9.90 Å². The van der Waals surface area contributed by atoms with Crippen molar-refractivity contribution in [2.45, 2.75) is 13.8 Å². The molecule has 0 amide bonds. The Labute approximate surface area is 79.8 Å². The first-order valence-electron chi connectivity index (χ1n) is 4.19. The molecule has 0 aliphatic rings. The van der Waals surface area contributed by atoms with Crippen LogP contribution < -0.4 is 5.63 Å². The Morgan fingerprint density at radius 2 is 2.07 bits per heavy atom. The maximum atomic E-state index is 11.2. The van der Waals surface area contributed by atoms with Crippen molar-refractivity contribution in [2.24, 2.45) is 0 Å². The van der Waals surface area contributed by atoms with E-state index in [1.165, 1.54) is 6.07 Å². The van der Waals surface area contributed by atoms with Gasteiger partial charge in [-0.15, -0.1) is 0 Å². The summed E-state index contributed by atoms with van der Waals surface area (Å²) in [6.07, 6.45) is 0. The van der Waals surface area contributed by atoms with Crippen LogP contribution in [-0.2, 0) is 0 Å². The normalized spacial score (nSPS) is 10.7. The van der Waals surface area contributed by atoms with E-state index in [2.05, 4.69) is 4.98 Å². The smallest absolute Gasteiger partial charge is 0.357 e. The van der Waals surface area contributed by atoms with Crippen molar-refractivity contribution in [3.8, 4) is 5.75 Å². The first kappa shape index (κ1) is 8.74. The van der Waals surface area contributed by atoms with Gasteiger partial charge in [-0.1, -0.05) is 0 Å². The van der Waals surface area contributed by atoms with Gasteiger partial charge in [-0.2, -0.15) is 0 Å². The second-order valence-corrected chi connectivity index (χ2v) is 3.14. The number of fused-ring (bicyclic) bond motifs is 1. The summed E-state index contributed by atoms with van der Waals surface area (Å²) in [5, 5.41) is 9.39. The lowest BCUT2D eigenvalue weighted by Crippen LogP contribution is -2.06. The second kappa shape index (κ2) is 2.83. The van der Waals surface area contributed by atoms with Crippen LogP contribution in [0.2, 0.25) is 0 Å². The molecule has 0 radical (unpaired) electrons. The van der Waals surface area contributed by atoms with Crippen LogP contribution in [0.4, 0.5) is 0 Å². The summed E-state index contributed by atoms with van der Waals surface area (Å²) in [6, 6.07) is 3.15. The van der Waals surface area contributed by atoms with Crippen molar-refractivity contribution in [2.75, 3.05) is 0 Å². The van der Waals surface area contributed by atoms with Crippen LogP contribution in [-0.4, -0.2) is 10.1 Å². The number of nitrogens with zero attached hydrogens (tertiary/aromatic N) is 1. The molecule has 2 rings (SSSR count). The van der Waals surface area contributed by atoms with Crippen molar-refractivity contribution in [3.63, 3.8) is 0 Å². The molecule has 2 aromatic rings. The summed E-state index contributed by atoms with van der Waals surface area (Å²) in [7, 11) is 0. The Hall–Kier alpha value is -1.84. The summed E-state index contributed by atoms with van der Waals surface area (Å²) in [6.45, 7) is 3.27. The number of phenolic OH excluding ortho intramolecular Hbond substituents is 1. The first-order valence-corrected chi connectivity index (χ1v) is 4.19. The number of aromatic hydroxyl groups is 1. The minimum Gasteiger partial charge on any atom is -0.508 e. The molecule has 1 heterocycles. The lowest BCUT2D eigenvalue weighted by molar-refractivity contribution is 0.467. The highest BCUT2D eigenvalue weighted by atomic mass is 16.4. The summed E-state index contributed by atoms with van der Waals surface area (Å²) < 4.78 is 5.03. The molecule has 0 aliphatic carbocycles. The molecule has 0 aliphatic heterocycles. The average Bonchev–Trinajstić information content (AvgIpc) is 2.15. The van der Waals surface area contributed by atoms with Crippen molar-refractivity contribution >= 4 is 11.1 Å². The Bertz CT molecular complexity index is 557. The molecular formula is C10H9NO3. The quantitative estimate of drug-likeness (QED) is 0.685. The van der Waals surface area contributed by atoms with Crippen LogP contribution >= 0.6 is 0 Å². The number of benzene rings is 1. The fourth-order valence-electron chi connectivity index (χ4n) is 1.28. The molecule has 0 spiro atoms. The molecule has 1 aromatic heterocycles. The third-order valence-corrected chi connectivity index (χ3v) is 2.13. The Morgan fingerprint density at radius 3 is 2.79 bits per heavy atom. The van der Waals surface area contributed by atoms with E-state index in [0.717, 1.165) is 0 Å². The third-order valence-electron chi connectivity index (χ3n) is 2.13. The molecule has 0 saturated heterocycles. The Balaban J connectivity index is 2.97. The SMILES string of the molecule is Cc1nc2ccc(O)c(C)c2oc1=O. The molecule has 14 heavy (non-hydrogen) atoms. The van der Waals surface area contributed by atoms with Crippen molar-refractivity contribution in [1.29, 1.82) is 0 Å². The van der Waals surface area contributed by atoms with Gasteiger partial charge >= 0.3 is 5.63 Å². The third kappa shape index (κ3) is 1.16. The molecule has 0 saturated carbocycles. The number of aryl methyl sites for hydroxylation is 2. The van der Waals surface area contributed by atoms with E-state index in [1.54, 1.807) is 19.9 Å². The first-order chi connectivity index (χ1) is 6.59. The number of hydrogen-bond donors (Lipinski definition) is 1. The maximum Gasteiger partial charge on any atom is 0.357 e. The van der Waals surface area contributed by atoms with Gasteiger partial charge in [-0.25, -0.2) is 9.78 Å². The van der Waals surface area contributed by atoms with Crippen LogP contribution in [0, 0.1) is 13.8 Å². The van der Waals surface area contributed by atoms with Crippen LogP contribution in [0.25, 0.3) is 11.1 Å². The van der Waals surface area contributed by atoms with E-state index in [-0.39, 0.29) is 5.75 Å². The molecule has 0 bridgehead atoms. The van der Waals surface area contributed by atoms with Crippen LogP contribution in [0.3, 0.4) is 0 Å². The Kier molecular flexibility index (Phi) is 1.77. The van der Waals surface area contributed by atoms with E-state index < -0.39 is 5.63 Å². The Morgan fingerprint density at radius 1 is 1.36 bits per heavy atom. The second-order valence-electron chi connectivity index (χ2n) is 3.14. The van der Waals surface area contributed by atoms with E-state index >= 15 is 0 Å². The van der Waals surface area contributed by atoms with Gasteiger partial charge in [-0.05, 0) is 26.0 Å². The van der Waals surface area contributed by atoms with Crippen LogP contribution in [0.5, 0.6) is 5.75 Å². The largest absolute Gasteiger partial charge is 0.508 e. The highest BCUT2D eigenvalue weighted by Crippen LogP contribution is 2.23. The molecule has 0 atom stereocenters. The summed E-state index contributed by atoms with van der Waals surface area (Å²) in [4.78, 5) is 15.2. The number of aromatic nitrogens is 1. The molecular weight excluding hydrogens is 182 g/mol. The highest BCUT2D eigenvalue weighted by molar-refractivity contribution is 5.77. The van der Waals surface area contributed by atoms with E-state index in [1.807, 2.05) is 0 Å². The van der Waals surface area contributed by atoms with Crippen molar-refractivity contribution in [3.05, 3.63) is 33.8 Å². The van der Waals surface area contributed by atoms with Gasteiger partial charge in [0.1, 0.15) is 17.0 Å². The number of rotatable bonds is 0. The standard InChI is InChI=1S/C10H9NO3/c1-5-8(12)4-3-7-9(5)14-10(13)6(2)11-7/h3-4,12H,1-2H3. The highest BCUT2D eigenvalue weighted by Gasteiger charge is 2.08. The summed E-state index contributed by atoms with van der Waals surface area (Å²) >= 11 is 0. The van der Waals surface area contributed by atoms with Crippen LogP contribution in [0.1, 0.15) is 11.3 Å². The molecule has 72 valence electrons. The van der Waals surface area contributed by atoms with Gasteiger partial charge < -0.3 is 9.52 Å². The minimum atomic E-state index is -0.466. The van der Waals surface area contributed by atoms with Gasteiger partial charge in [0.2, 0.25) is 0 Å². The zero-order valence-corrected chi connectivity index (χ0v) is 7.87. The lowest BCUT2D eigenvalue weighted by atomic mass is 10.2. The molecule has 1 aromatic carbocycles. The zero-order valence-electron chi connectivity index (χ0n) is 7.87. The topological polar surface area (TPSA) is 63.3 Å². The fraction of sp³-hybridized carbons (Fsp3) is 0.200. The summed E-state index contributed by atoms with van der Waals surface area (Å²) in [5.74, 6) is 0.103. The predicted octanol–water partition coefficient (Wildman–Crippen LogP) is 1.51. The average molecular weight is 191 g/mol. The van der Waals surface area contributed by atoms with Crippen LogP contribution in [0.15, 0.2) is 21.3 Å². The molecule has 1 N–H and O–H groups in total. The summed E-state index contributed by atoms with van der Waals surface area (Å²) in [5.41, 5.74) is 1.32. The van der Waals surface area contributed by atoms with Gasteiger partial charge in [-0.3, -0.25) is 0 Å². The molecule has 0 unspecified atom stereocenters. The van der Waals surface area contributed by atoms with Crippen molar-refractivity contribution < 1.29 is 9.52 Å². The predicted molar refractivity (Wildman–Crippen MR) is 51.4 cm³/mol. The van der Waals surface area contributed by atoms with E-state index in [0.29, 0.717) is 22.4 Å². The molecule has 4 nitrogen and oxygen atoms in total. The molecule has 0 fully saturated rings. The lowest BCUT2D eigenvalue weighted by Gasteiger charge is -2.02. The number of phenols is 1. The van der Waals surface area contributed by atoms with Gasteiger partial charge in [0.25, 0.3) is 0 Å². The van der Waals surface area contributed by atoms with E-state index in [4.69, 9.17) is 4.42 Å². The van der Waals surface area contributed by atoms with Gasteiger partial charge in [0.05, 0.1) is 0 Å². The van der Waals surface area contributed by atoms with Gasteiger partial charge in [0.15, 0.2) is 5.58 Å². The minimum absolute atomic E-state index is 0.103. The fourth-order valence-corrected chi connectivity index (χ4v) is 1.28. The zero-order chi connectivity index (χ0) is 10.3. The monoisotopic (exact) mass is 191 g/mol. The number of hydrogen-bond acceptors (Lipinski definition) is 4. The van der Waals surface area contributed by atoms with Gasteiger partial charge in [0, 0.05) is 5.56 Å². The maximum absolute atomic E-state index is 11.2.